The average molecular weight is 453 g/mol. The van der Waals surface area contributed by atoms with Crippen molar-refractivity contribution < 1.29 is 34.4 Å². The molecule has 0 spiro atoms. The number of aromatic nitrogens is 1. The van der Waals surface area contributed by atoms with E-state index in [1.807, 2.05) is 19.9 Å². The van der Waals surface area contributed by atoms with E-state index in [2.05, 4.69) is 4.98 Å². The van der Waals surface area contributed by atoms with Crippen LogP contribution in [0, 0.1) is 0 Å². The molecule has 1 heterocycles. The molecular formula is C25H27NO7. The maximum Gasteiger partial charge on any atom is 0.338 e. The van der Waals surface area contributed by atoms with Gasteiger partial charge in [-0.3, -0.25) is 4.79 Å². The summed E-state index contributed by atoms with van der Waals surface area (Å²) in [7, 11) is 0. The van der Waals surface area contributed by atoms with Gasteiger partial charge in [0.25, 0.3) is 0 Å². The van der Waals surface area contributed by atoms with E-state index in [0.29, 0.717) is 34.4 Å². The lowest BCUT2D eigenvalue weighted by Gasteiger charge is -2.32. The Morgan fingerprint density at radius 2 is 1.91 bits per heavy atom. The van der Waals surface area contributed by atoms with E-state index in [9.17, 15) is 14.7 Å². The topological polar surface area (TPSA) is 129 Å². The summed E-state index contributed by atoms with van der Waals surface area (Å²) in [6.07, 6.45) is -0.536. The molecule has 0 radical (unpaired) electrons. The summed E-state index contributed by atoms with van der Waals surface area (Å²) in [6.45, 7) is 3.62. The number of carbonyl (C=O) groups is 2. The molecule has 2 aromatic carbocycles. The number of H-pyrrole nitrogens is 1. The normalized spacial score (nSPS) is 15.1. The molecule has 1 aromatic heterocycles. The van der Waals surface area contributed by atoms with E-state index in [4.69, 9.17) is 19.7 Å². The van der Waals surface area contributed by atoms with Crippen molar-refractivity contribution in [2.45, 2.75) is 31.8 Å². The summed E-state index contributed by atoms with van der Waals surface area (Å²) in [5, 5.41) is 28.0. The highest BCUT2D eigenvalue weighted by atomic mass is 16.5. The van der Waals surface area contributed by atoms with Gasteiger partial charge < -0.3 is 29.8 Å². The van der Waals surface area contributed by atoms with E-state index >= 15 is 0 Å². The number of aliphatic hydroxyl groups excluding tert-OH is 3. The van der Waals surface area contributed by atoms with Gasteiger partial charge in [0.1, 0.15) is 12.4 Å². The monoisotopic (exact) mass is 453 g/mol. The largest absolute Gasteiger partial charge is 0.493 e. The van der Waals surface area contributed by atoms with Gasteiger partial charge in [-0.1, -0.05) is 19.9 Å². The first-order valence-corrected chi connectivity index (χ1v) is 10.8. The van der Waals surface area contributed by atoms with Crippen LogP contribution < -0.4 is 4.74 Å². The number of ketones is 1. The number of aromatic amines is 1. The SMILES string of the molecule is CC1(C)c2cc(OCC[C@@H](O)CO)ccc2C(=O)c2c1[nH]c1cc(C(=O)OCCO)ccc21. The van der Waals surface area contributed by atoms with Crippen molar-refractivity contribution in [1.82, 2.24) is 4.98 Å². The van der Waals surface area contributed by atoms with Crippen LogP contribution >= 0.6 is 0 Å². The number of ether oxygens (including phenoxy) is 2. The van der Waals surface area contributed by atoms with Crippen molar-refractivity contribution in [3.05, 3.63) is 64.3 Å². The molecule has 4 rings (SSSR count). The number of aliphatic hydroxyl groups is 3. The van der Waals surface area contributed by atoms with Crippen LogP contribution in [0.5, 0.6) is 5.75 Å². The highest BCUT2D eigenvalue weighted by Gasteiger charge is 2.40. The number of hydrogen-bond acceptors (Lipinski definition) is 7. The summed E-state index contributed by atoms with van der Waals surface area (Å²) < 4.78 is 10.7. The number of rotatable bonds is 8. The van der Waals surface area contributed by atoms with Crippen LogP contribution in [0.25, 0.3) is 10.9 Å². The van der Waals surface area contributed by atoms with E-state index in [-0.39, 0.29) is 32.2 Å². The molecule has 1 aliphatic carbocycles. The molecule has 0 unspecified atom stereocenters. The Hall–Kier alpha value is -3.20. The van der Waals surface area contributed by atoms with Crippen LogP contribution in [0.3, 0.4) is 0 Å². The Balaban J connectivity index is 1.70. The van der Waals surface area contributed by atoms with Gasteiger partial charge in [-0.05, 0) is 35.9 Å². The van der Waals surface area contributed by atoms with E-state index in [1.54, 1.807) is 30.3 Å². The number of nitrogens with one attached hydrogen (secondary N) is 1. The second kappa shape index (κ2) is 8.97. The molecule has 0 saturated carbocycles. The average Bonchev–Trinajstić information content (AvgIpc) is 3.21. The number of carbonyl (C=O) groups excluding carboxylic acids is 2. The third kappa shape index (κ3) is 4.13. The van der Waals surface area contributed by atoms with Crippen molar-refractivity contribution in [3.8, 4) is 5.75 Å². The first-order valence-electron chi connectivity index (χ1n) is 10.8. The van der Waals surface area contributed by atoms with Crippen molar-refractivity contribution in [1.29, 1.82) is 0 Å². The molecule has 0 saturated heterocycles. The minimum atomic E-state index is -0.833. The second-order valence-electron chi connectivity index (χ2n) is 8.63. The van der Waals surface area contributed by atoms with Crippen molar-refractivity contribution in [3.63, 3.8) is 0 Å². The number of hydrogen-bond donors (Lipinski definition) is 4. The fourth-order valence-corrected chi connectivity index (χ4v) is 4.25. The predicted molar refractivity (Wildman–Crippen MR) is 121 cm³/mol. The van der Waals surface area contributed by atoms with Gasteiger partial charge in [0, 0.05) is 34.0 Å². The molecule has 4 N–H and O–H groups in total. The molecule has 0 bridgehead atoms. The summed E-state index contributed by atoms with van der Waals surface area (Å²) in [5.41, 5.74) is 3.18. The highest BCUT2D eigenvalue weighted by molar-refractivity contribution is 6.20. The molecule has 0 fully saturated rings. The zero-order valence-corrected chi connectivity index (χ0v) is 18.6. The zero-order valence-electron chi connectivity index (χ0n) is 18.6. The first-order chi connectivity index (χ1) is 15.8. The third-order valence-electron chi connectivity index (χ3n) is 6.05. The summed E-state index contributed by atoms with van der Waals surface area (Å²) in [5.74, 6) is -0.0721. The summed E-state index contributed by atoms with van der Waals surface area (Å²) >= 11 is 0. The van der Waals surface area contributed by atoms with Crippen LogP contribution in [0.15, 0.2) is 36.4 Å². The fraction of sp³-hybridized carbons (Fsp3) is 0.360. The quantitative estimate of drug-likeness (QED) is 0.385. The molecular weight excluding hydrogens is 426 g/mol. The Kier molecular flexibility index (Phi) is 6.25. The molecule has 1 aliphatic rings. The summed E-state index contributed by atoms with van der Waals surface area (Å²) in [4.78, 5) is 29.0. The van der Waals surface area contributed by atoms with Gasteiger partial charge in [0.05, 0.1) is 37.1 Å². The first kappa shape index (κ1) is 23.0. The smallest absolute Gasteiger partial charge is 0.338 e. The maximum absolute atomic E-state index is 13.4. The Labute approximate surface area is 190 Å². The van der Waals surface area contributed by atoms with Crippen LogP contribution in [0.1, 0.15) is 57.8 Å². The minimum absolute atomic E-state index is 0.0811. The number of benzene rings is 2. The molecule has 0 aliphatic heterocycles. The number of fused-ring (bicyclic) bond motifs is 4. The second-order valence-corrected chi connectivity index (χ2v) is 8.63. The lowest BCUT2D eigenvalue weighted by molar-refractivity contribution is 0.0434. The maximum atomic E-state index is 13.4. The summed E-state index contributed by atoms with van der Waals surface area (Å²) in [6, 6.07) is 10.3. The molecule has 3 aromatic rings. The molecule has 8 nitrogen and oxygen atoms in total. The molecule has 8 heteroatoms. The van der Waals surface area contributed by atoms with Crippen molar-refractivity contribution >= 4 is 22.7 Å². The number of esters is 1. The van der Waals surface area contributed by atoms with E-state index in [1.165, 1.54) is 0 Å². The minimum Gasteiger partial charge on any atom is -0.493 e. The van der Waals surface area contributed by atoms with Gasteiger partial charge in [-0.2, -0.15) is 0 Å². The molecule has 33 heavy (non-hydrogen) atoms. The third-order valence-corrected chi connectivity index (χ3v) is 6.05. The van der Waals surface area contributed by atoms with Gasteiger partial charge in [-0.25, -0.2) is 4.79 Å². The van der Waals surface area contributed by atoms with Crippen LogP contribution in [0.2, 0.25) is 0 Å². The molecule has 0 amide bonds. The predicted octanol–water partition coefficient (Wildman–Crippen LogP) is 2.31. The standard InChI is InChI=1S/C25H27NO7/c1-25(2)19-12-16(32-9-7-15(29)13-28)4-6-17(19)22(30)21-18-5-3-14(24(31)33-10-8-27)11-20(18)26-23(21)25/h3-6,11-12,15,26-29H,7-10,13H2,1-2H3/t15-/m1/s1. The van der Waals surface area contributed by atoms with Crippen LogP contribution in [-0.4, -0.2) is 64.6 Å². The zero-order chi connectivity index (χ0) is 23.8. The van der Waals surface area contributed by atoms with Gasteiger partial charge in [0.2, 0.25) is 0 Å². The van der Waals surface area contributed by atoms with E-state index < -0.39 is 17.5 Å². The lowest BCUT2D eigenvalue weighted by atomic mass is 9.71. The van der Waals surface area contributed by atoms with E-state index in [0.717, 1.165) is 16.6 Å². The Morgan fingerprint density at radius 1 is 1.12 bits per heavy atom. The fourth-order valence-electron chi connectivity index (χ4n) is 4.25. The van der Waals surface area contributed by atoms with Gasteiger partial charge in [-0.15, -0.1) is 0 Å². The van der Waals surface area contributed by atoms with Crippen molar-refractivity contribution in [2.24, 2.45) is 0 Å². The molecule has 1 atom stereocenters. The van der Waals surface area contributed by atoms with Crippen LogP contribution in [-0.2, 0) is 10.2 Å². The Morgan fingerprint density at radius 3 is 2.64 bits per heavy atom. The molecule has 174 valence electrons. The van der Waals surface area contributed by atoms with Crippen LogP contribution in [0.4, 0.5) is 0 Å². The van der Waals surface area contributed by atoms with Gasteiger partial charge in [0.15, 0.2) is 5.78 Å². The van der Waals surface area contributed by atoms with Crippen molar-refractivity contribution in [2.75, 3.05) is 26.4 Å². The Bertz CT molecular complexity index is 1210. The lowest BCUT2D eigenvalue weighted by Crippen LogP contribution is -2.30. The highest BCUT2D eigenvalue weighted by Crippen LogP contribution is 2.44. The van der Waals surface area contributed by atoms with Gasteiger partial charge >= 0.3 is 5.97 Å².